The molecule has 116 valence electrons. The molecule has 0 radical (unpaired) electrons. The van der Waals surface area contributed by atoms with Gasteiger partial charge in [0, 0.05) is 16.2 Å². The van der Waals surface area contributed by atoms with Crippen molar-refractivity contribution in [3.8, 4) is 5.75 Å². The fourth-order valence-electron chi connectivity index (χ4n) is 1.86. The minimum atomic E-state index is -0.105. The topological polar surface area (TPSA) is 50.4 Å². The van der Waals surface area contributed by atoms with Crippen molar-refractivity contribution in [2.75, 3.05) is 23.8 Å². The zero-order chi connectivity index (χ0) is 15.8. The molecule has 0 fully saturated rings. The van der Waals surface area contributed by atoms with E-state index in [0.717, 1.165) is 28.0 Å². The molecule has 0 saturated heterocycles. The lowest BCUT2D eigenvalue weighted by Gasteiger charge is -2.10. The van der Waals surface area contributed by atoms with Crippen molar-refractivity contribution in [2.45, 2.75) is 13.3 Å². The Morgan fingerprint density at radius 2 is 2.00 bits per heavy atom. The van der Waals surface area contributed by atoms with E-state index >= 15 is 0 Å². The quantitative estimate of drug-likeness (QED) is 0.772. The number of para-hydroxylation sites is 1. The van der Waals surface area contributed by atoms with Crippen molar-refractivity contribution >= 4 is 33.2 Å². The van der Waals surface area contributed by atoms with Crippen molar-refractivity contribution in [1.29, 1.82) is 0 Å². The van der Waals surface area contributed by atoms with E-state index in [0.29, 0.717) is 6.61 Å². The van der Waals surface area contributed by atoms with Gasteiger partial charge in [0.1, 0.15) is 5.75 Å². The summed E-state index contributed by atoms with van der Waals surface area (Å²) in [6.45, 7) is 2.94. The number of amides is 1. The average Bonchev–Trinajstić information content (AvgIpc) is 2.53. The molecular weight excluding hydrogens is 344 g/mol. The first-order valence-corrected chi connectivity index (χ1v) is 7.99. The van der Waals surface area contributed by atoms with Gasteiger partial charge in [-0.3, -0.25) is 4.79 Å². The Morgan fingerprint density at radius 1 is 1.18 bits per heavy atom. The number of carbonyl (C=O) groups is 1. The molecule has 5 heteroatoms. The SMILES string of the molecule is CCCOc1cccc(NCC(=O)Nc2ccccc2Br)c1. The first-order valence-electron chi connectivity index (χ1n) is 7.20. The van der Waals surface area contributed by atoms with Gasteiger partial charge in [0.2, 0.25) is 5.91 Å². The number of hydrogen-bond acceptors (Lipinski definition) is 3. The zero-order valence-electron chi connectivity index (χ0n) is 12.4. The molecule has 0 heterocycles. The molecule has 0 aliphatic rings. The highest BCUT2D eigenvalue weighted by Crippen LogP contribution is 2.21. The molecule has 2 rings (SSSR count). The third kappa shape index (κ3) is 5.07. The summed E-state index contributed by atoms with van der Waals surface area (Å²) in [6.07, 6.45) is 0.964. The van der Waals surface area contributed by atoms with E-state index in [-0.39, 0.29) is 12.5 Å². The van der Waals surface area contributed by atoms with Gasteiger partial charge in [0.15, 0.2) is 0 Å². The van der Waals surface area contributed by atoms with Gasteiger partial charge in [-0.25, -0.2) is 0 Å². The van der Waals surface area contributed by atoms with Gasteiger partial charge < -0.3 is 15.4 Å². The third-order valence-corrected chi connectivity index (χ3v) is 3.60. The number of carbonyl (C=O) groups excluding carboxylic acids is 1. The van der Waals surface area contributed by atoms with Crippen molar-refractivity contribution in [2.24, 2.45) is 0 Å². The fraction of sp³-hybridized carbons (Fsp3) is 0.235. The Hall–Kier alpha value is -2.01. The van der Waals surface area contributed by atoms with Crippen LogP contribution in [0.15, 0.2) is 53.0 Å². The molecule has 1 amide bonds. The zero-order valence-corrected chi connectivity index (χ0v) is 14.0. The Bertz CT molecular complexity index is 632. The maximum absolute atomic E-state index is 12.0. The number of hydrogen-bond donors (Lipinski definition) is 2. The van der Waals surface area contributed by atoms with Crippen LogP contribution in [0.25, 0.3) is 0 Å². The van der Waals surface area contributed by atoms with E-state index in [4.69, 9.17) is 4.74 Å². The van der Waals surface area contributed by atoms with Crippen molar-refractivity contribution in [3.05, 3.63) is 53.0 Å². The van der Waals surface area contributed by atoms with Crippen LogP contribution >= 0.6 is 15.9 Å². The normalized spacial score (nSPS) is 10.1. The molecule has 4 nitrogen and oxygen atoms in total. The van der Waals surface area contributed by atoms with Gasteiger partial charge in [0.05, 0.1) is 18.8 Å². The predicted octanol–water partition coefficient (Wildman–Crippen LogP) is 4.29. The second-order valence-corrected chi connectivity index (χ2v) is 5.61. The highest BCUT2D eigenvalue weighted by Gasteiger charge is 2.05. The number of nitrogens with one attached hydrogen (secondary N) is 2. The highest BCUT2D eigenvalue weighted by molar-refractivity contribution is 9.10. The second-order valence-electron chi connectivity index (χ2n) is 4.76. The first-order chi connectivity index (χ1) is 10.7. The maximum atomic E-state index is 12.0. The Morgan fingerprint density at radius 3 is 2.77 bits per heavy atom. The maximum Gasteiger partial charge on any atom is 0.243 e. The van der Waals surface area contributed by atoms with Crippen LogP contribution in [0.1, 0.15) is 13.3 Å². The monoisotopic (exact) mass is 362 g/mol. The smallest absolute Gasteiger partial charge is 0.243 e. The van der Waals surface area contributed by atoms with Crippen molar-refractivity contribution in [1.82, 2.24) is 0 Å². The van der Waals surface area contributed by atoms with E-state index in [9.17, 15) is 4.79 Å². The van der Waals surface area contributed by atoms with E-state index < -0.39 is 0 Å². The number of rotatable bonds is 7. The number of anilines is 2. The molecule has 0 aliphatic carbocycles. The average molecular weight is 363 g/mol. The summed E-state index contributed by atoms with van der Waals surface area (Å²) in [7, 11) is 0. The summed E-state index contributed by atoms with van der Waals surface area (Å²) in [5, 5.41) is 5.94. The summed E-state index contributed by atoms with van der Waals surface area (Å²) < 4.78 is 6.43. The van der Waals surface area contributed by atoms with E-state index in [1.54, 1.807) is 0 Å². The van der Waals surface area contributed by atoms with Crippen LogP contribution in [0.5, 0.6) is 5.75 Å². The molecular formula is C17H19BrN2O2. The second kappa shape index (κ2) is 8.44. The molecule has 0 aromatic heterocycles. The lowest BCUT2D eigenvalue weighted by atomic mass is 10.3. The summed E-state index contributed by atoms with van der Waals surface area (Å²) in [4.78, 5) is 12.0. The van der Waals surface area contributed by atoms with Gasteiger partial charge in [-0.15, -0.1) is 0 Å². The number of benzene rings is 2. The largest absolute Gasteiger partial charge is 0.494 e. The molecule has 2 N–H and O–H groups in total. The lowest BCUT2D eigenvalue weighted by Crippen LogP contribution is -2.21. The van der Waals surface area contributed by atoms with Gasteiger partial charge >= 0.3 is 0 Å². The van der Waals surface area contributed by atoms with Crippen LogP contribution in [-0.2, 0) is 4.79 Å². The summed E-state index contributed by atoms with van der Waals surface area (Å²) in [5.41, 5.74) is 1.62. The third-order valence-electron chi connectivity index (χ3n) is 2.91. The standard InChI is InChI=1S/C17H19BrN2O2/c1-2-10-22-14-7-5-6-13(11-14)19-12-17(21)20-16-9-4-3-8-15(16)18/h3-9,11,19H,2,10,12H2,1H3,(H,20,21). The minimum absolute atomic E-state index is 0.105. The van der Waals surface area contributed by atoms with Gasteiger partial charge in [-0.1, -0.05) is 25.1 Å². The minimum Gasteiger partial charge on any atom is -0.494 e. The molecule has 2 aromatic carbocycles. The molecule has 0 aliphatic heterocycles. The lowest BCUT2D eigenvalue weighted by molar-refractivity contribution is -0.114. The molecule has 0 atom stereocenters. The van der Waals surface area contributed by atoms with E-state index in [1.165, 1.54) is 0 Å². The van der Waals surface area contributed by atoms with Crippen molar-refractivity contribution < 1.29 is 9.53 Å². The number of ether oxygens (including phenoxy) is 1. The van der Waals surface area contributed by atoms with Crippen LogP contribution in [0.2, 0.25) is 0 Å². The predicted molar refractivity (Wildman–Crippen MR) is 93.5 cm³/mol. The van der Waals surface area contributed by atoms with Crippen LogP contribution < -0.4 is 15.4 Å². The van der Waals surface area contributed by atoms with Crippen LogP contribution in [0, 0.1) is 0 Å². The molecule has 0 bridgehead atoms. The molecule has 0 unspecified atom stereocenters. The molecule has 2 aromatic rings. The Labute approximate surface area is 139 Å². The van der Waals surface area contributed by atoms with Crippen LogP contribution in [0.3, 0.4) is 0 Å². The van der Waals surface area contributed by atoms with Gasteiger partial charge in [0.25, 0.3) is 0 Å². The van der Waals surface area contributed by atoms with E-state index in [2.05, 4.69) is 33.5 Å². The first kappa shape index (κ1) is 16.4. The summed E-state index contributed by atoms with van der Waals surface area (Å²) in [6, 6.07) is 15.1. The van der Waals surface area contributed by atoms with Crippen molar-refractivity contribution in [3.63, 3.8) is 0 Å². The molecule has 22 heavy (non-hydrogen) atoms. The van der Waals surface area contributed by atoms with Crippen LogP contribution in [-0.4, -0.2) is 19.1 Å². The highest BCUT2D eigenvalue weighted by atomic mass is 79.9. The summed E-state index contributed by atoms with van der Waals surface area (Å²) in [5.74, 6) is 0.699. The number of halogens is 1. The van der Waals surface area contributed by atoms with E-state index in [1.807, 2.05) is 48.5 Å². The fourth-order valence-corrected chi connectivity index (χ4v) is 2.24. The molecule has 0 saturated carbocycles. The van der Waals surface area contributed by atoms with Gasteiger partial charge in [-0.2, -0.15) is 0 Å². The summed E-state index contributed by atoms with van der Waals surface area (Å²) >= 11 is 3.40. The Kier molecular flexibility index (Phi) is 6.27. The van der Waals surface area contributed by atoms with Crippen LogP contribution in [0.4, 0.5) is 11.4 Å². The van der Waals surface area contributed by atoms with Gasteiger partial charge in [-0.05, 0) is 46.6 Å². The Balaban J connectivity index is 1.87. The molecule has 0 spiro atoms.